The Bertz CT molecular complexity index is 456. The molecule has 1 aliphatic rings. The van der Waals surface area contributed by atoms with Gasteiger partial charge in [0.2, 0.25) is 0 Å². The minimum absolute atomic E-state index is 0.153. The van der Waals surface area contributed by atoms with Crippen molar-refractivity contribution in [2.24, 2.45) is 0 Å². The van der Waals surface area contributed by atoms with E-state index in [1.807, 2.05) is 13.8 Å². The van der Waals surface area contributed by atoms with Crippen LogP contribution in [-0.2, 0) is 4.79 Å². The molecule has 0 bridgehead atoms. The lowest BCUT2D eigenvalue weighted by molar-refractivity contribution is -0.186. The minimum atomic E-state index is -4.76. The summed E-state index contributed by atoms with van der Waals surface area (Å²) in [5.74, 6) is -1.55. The lowest BCUT2D eigenvalue weighted by Crippen LogP contribution is -2.45. The van der Waals surface area contributed by atoms with Crippen molar-refractivity contribution in [3.05, 3.63) is 15.6 Å². The van der Waals surface area contributed by atoms with Crippen LogP contribution in [0.1, 0.15) is 34.3 Å². The van der Waals surface area contributed by atoms with Gasteiger partial charge in [-0.05, 0) is 26.7 Å². The number of amides is 1. The minimum Gasteiger partial charge on any atom is -0.335 e. The number of aryl methyl sites for hydroxylation is 2. The Hall–Kier alpha value is -1.11. The summed E-state index contributed by atoms with van der Waals surface area (Å²) in [5.41, 5.74) is 0.980. The van der Waals surface area contributed by atoms with Crippen LogP contribution in [0.4, 0.5) is 13.2 Å². The Labute approximate surface area is 113 Å². The van der Waals surface area contributed by atoms with E-state index in [-0.39, 0.29) is 19.0 Å². The van der Waals surface area contributed by atoms with Crippen molar-refractivity contribution in [1.82, 2.24) is 9.88 Å². The molecule has 7 heteroatoms. The fraction of sp³-hybridized carbons (Fsp3) is 0.667. The van der Waals surface area contributed by atoms with Gasteiger partial charge in [0.15, 0.2) is 0 Å². The number of piperidine rings is 1. The first-order valence-corrected chi connectivity index (χ1v) is 6.90. The highest BCUT2D eigenvalue weighted by atomic mass is 32.1. The van der Waals surface area contributed by atoms with E-state index >= 15 is 0 Å². The maximum Gasteiger partial charge on any atom is 0.471 e. The Balaban J connectivity index is 1.98. The van der Waals surface area contributed by atoms with Gasteiger partial charge >= 0.3 is 12.1 Å². The topological polar surface area (TPSA) is 33.2 Å². The number of likely N-dealkylation sites (tertiary alicyclic amines) is 1. The van der Waals surface area contributed by atoms with Gasteiger partial charge in [0.1, 0.15) is 0 Å². The molecule has 0 saturated carbocycles. The molecule has 106 valence electrons. The highest BCUT2D eigenvalue weighted by Crippen LogP contribution is 2.33. The average Bonchev–Trinajstić information content (AvgIpc) is 2.68. The lowest BCUT2D eigenvalue weighted by Gasteiger charge is -2.31. The van der Waals surface area contributed by atoms with Crippen LogP contribution in [0.5, 0.6) is 0 Å². The van der Waals surface area contributed by atoms with E-state index in [1.54, 1.807) is 11.3 Å². The molecule has 1 saturated heterocycles. The predicted octanol–water partition coefficient (Wildman–Crippen LogP) is 3.03. The molecule has 0 aromatic carbocycles. The van der Waals surface area contributed by atoms with Crippen LogP contribution in [0.25, 0.3) is 0 Å². The molecule has 0 aliphatic carbocycles. The zero-order valence-corrected chi connectivity index (χ0v) is 11.6. The third kappa shape index (κ3) is 3.08. The number of nitrogens with zero attached hydrogens (tertiary/aromatic N) is 2. The molecule has 2 rings (SSSR count). The van der Waals surface area contributed by atoms with Gasteiger partial charge in [-0.1, -0.05) is 0 Å². The normalized spacial score (nSPS) is 17.8. The fourth-order valence-corrected chi connectivity index (χ4v) is 3.27. The van der Waals surface area contributed by atoms with Gasteiger partial charge in [-0.15, -0.1) is 11.3 Å². The molecule has 3 nitrogen and oxygen atoms in total. The highest BCUT2D eigenvalue weighted by molar-refractivity contribution is 7.11. The summed E-state index contributed by atoms with van der Waals surface area (Å²) in [4.78, 5) is 17.6. The highest BCUT2D eigenvalue weighted by Gasteiger charge is 2.43. The third-order valence-corrected chi connectivity index (χ3v) is 4.65. The first kappa shape index (κ1) is 14.3. The van der Waals surface area contributed by atoms with Crippen molar-refractivity contribution in [1.29, 1.82) is 0 Å². The number of carbonyl (C=O) groups is 1. The molecule has 0 radical (unpaired) electrons. The maximum atomic E-state index is 12.3. The van der Waals surface area contributed by atoms with E-state index in [2.05, 4.69) is 4.98 Å². The number of alkyl halides is 3. The van der Waals surface area contributed by atoms with Crippen molar-refractivity contribution in [2.45, 2.75) is 38.8 Å². The van der Waals surface area contributed by atoms with Gasteiger partial charge in [0, 0.05) is 23.9 Å². The SMILES string of the molecule is Cc1nc(C2CCN(C(=O)C(F)(F)F)CC2)sc1C. The van der Waals surface area contributed by atoms with Gasteiger partial charge in [-0.3, -0.25) is 4.79 Å². The van der Waals surface area contributed by atoms with Gasteiger partial charge in [-0.2, -0.15) is 13.2 Å². The molecule has 19 heavy (non-hydrogen) atoms. The maximum absolute atomic E-state index is 12.3. The Kier molecular flexibility index (Phi) is 3.85. The van der Waals surface area contributed by atoms with Crippen LogP contribution in [0.2, 0.25) is 0 Å². The van der Waals surface area contributed by atoms with E-state index in [9.17, 15) is 18.0 Å². The second-order valence-corrected chi connectivity index (χ2v) is 5.99. The lowest BCUT2D eigenvalue weighted by atomic mass is 9.97. The van der Waals surface area contributed by atoms with Crippen molar-refractivity contribution >= 4 is 17.2 Å². The number of carbonyl (C=O) groups excluding carboxylic acids is 1. The number of rotatable bonds is 1. The molecule has 1 aromatic rings. The van der Waals surface area contributed by atoms with Crippen LogP contribution < -0.4 is 0 Å². The Morgan fingerprint density at radius 2 is 1.89 bits per heavy atom. The van der Waals surface area contributed by atoms with Crippen LogP contribution in [0.15, 0.2) is 0 Å². The quantitative estimate of drug-likeness (QED) is 0.797. The molecule has 1 aromatic heterocycles. The largest absolute Gasteiger partial charge is 0.471 e. The van der Waals surface area contributed by atoms with E-state index < -0.39 is 12.1 Å². The molecule has 0 N–H and O–H groups in total. The number of halogens is 3. The third-order valence-electron chi connectivity index (χ3n) is 3.42. The van der Waals surface area contributed by atoms with Gasteiger partial charge in [-0.25, -0.2) is 4.98 Å². The molecule has 1 amide bonds. The Morgan fingerprint density at radius 1 is 1.32 bits per heavy atom. The molecule has 1 fully saturated rings. The fourth-order valence-electron chi connectivity index (χ4n) is 2.18. The van der Waals surface area contributed by atoms with Crippen molar-refractivity contribution < 1.29 is 18.0 Å². The molecule has 0 atom stereocenters. The summed E-state index contributed by atoms with van der Waals surface area (Å²) in [6, 6.07) is 0. The second kappa shape index (κ2) is 5.11. The average molecular weight is 292 g/mol. The van der Waals surface area contributed by atoms with Crippen LogP contribution in [-0.4, -0.2) is 35.1 Å². The molecular weight excluding hydrogens is 277 g/mol. The molecule has 0 spiro atoms. The molecule has 2 heterocycles. The standard InChI is InChI=1S/C12H15F3N2OS/c1-7-8(2)19-10(16-7)9-3-5-17(6-4-9)11(18)12(13,14)15/h9H,3-6H2,1-2H3. The summed E-state index contributed by atoms with van der Waals surface area (Å²) in [6.45, 7) is 4.22. The van der Waals surface area contributed by atoms with E-state index in [4.69, 9.17) is 0 Å². The van der Waals surface area contributed by atoms with E-state index in [1.165, 1.54) is 0 Å². The van der Waals surface area contributed by atoms with Crippen molar-refractivity contribution in [2.75, 3.05) is 13.1 Å². The monoisotopic (exact) mass is 292 g/mol. The summed E-state index contributed by atoms with van der Waals surface area (Å²) >= 11 is 1.60. The summed E-state index contributed by atoms with van der Waals surface area (Å²) in [7, 11) is 0. The summed E-state index contributed by atoms with van der Waals surface area (Å²) in [5, 5.41) is 0.981. The first-order valence-electron chi connectivity index (χ1n) is 6.09. The Morgan fingerprint density at radius 3 is 2.32 bits per heavy atom. The number of hydrogen-bond acceptors (Lipinski definition) is 3. The van der Waals surface area contributed by atoms with Crippen LogP contribution >= 0.6 is 11.3 Å². The van der Waals surface area contributed by atoms with E-state index in [0.717, 1.165) is 20.5 Å². The first-order chi connectivity index (χ1) is 8.79. The number of hydrogen-bond donors (Lipinski definition) is 0. The second-order valence-electron chi connectivity index (χ2n) is 4.76. The van der Waals surface area contributed by atoms with Crippen molar-refractivity contribution in [3.8, 4) is 0 Å². The van der Waals surface area contributed by atoms with Gasteiger partial charge in [0.25, 0.3) is 0 Å². The molecular formula is C12H15F3N2OS. The van der Waals surface area contributed by atoms with Crippen LogP contribution in [0.3, 0.4) is 0 Å². The smallest absolute Gasteiger partial charge is 0.335 e. The zero-order valence-electron chi connectivity index (χ0n) is 10.8. The van der Waals surface area contributed by atoms with Crippen LogP contribution in [0, 0.1) is 13.8 Å². The predicted molar refractivity (Wildman–Crippen MR) is 66.2 cm³/mol. The number of thiazole rings is 1. The van der Waals surface area contributed by atoms with Gasteiger partial charge < -0.3 is 4.90 Å². The zero-order chi connectivity index (χ0) is 14.2. The molecule has 1 aliphatic heterocycles. The molecule has 0 unspecified atom stereocenters. The summed E-state index contributed by atoms with van der Waals surface area (Å²) in [6.07, 6.45) is -3.66. The number of aromatic nitrogens is 1. The summed E-state index contributed by atoms with van der Waals surface area (Å²) < 4.78 is 36.9. The van der Waals surface area contributed by atoms with Crippen molar-refractivity contribution in [3.63, 3.8) is 0 Å². The van der Waals surface area contributed by atoms with E-state index in [0.29, 0.717) is 12.8 Å². The van der Waals surface area contributed by atoms with Gasteiger partial charge in [0.05, 0.1) is 10.7 Å².